The largest absolute Gasteiger partial charge is 0.135 e. The summed E-state index contributed by atoms with van der Waals surface area (Å²) < 4.78 is 5.59. The van der Waals surface area contributed by atoms with E-state index in [0.717, 1.165) is 0 Å². The van der Waals surface area contributed by atoms with Crippen LogP contribution in [-0.4, -0.2) is 0 Å². The molecule has 0 saturated heterocycles. The first-order valence-corrected chi connectivity index (χ1v) is 22.4. The van der Waals surface area contributed by atoms with Crippen molar-refractivity contribution in [3.8, 4) is 0 Å². The molecule has 0 aliphatic rings. The minimum atomic E-state index is 1.19. The molecule has 2 aromatic heterocycles. The molecule has 2 heteroatoms. The van der Waals surface area contributed by atoms with Crippen LogP contribution in [-0.2, 0) is 12.8 Å². The number of aryl methyl sites for hydroxylation is 2. The first-order chi connectivity index (χ1) is 25.7. The Labute approximate surface area is 319 Å². The summed E-state index contributed by atoms with van der Waals surface area (Å²) in [6.45, 7) is 4.60. The van der Waals surface area contributed by atoms with Crippen LogP contribution < -0.4 is 0 Å². The van der Waals surface area contributed by atoms with Gasteiger partial charge in [0, 0.05) is 40.3 Å². The van der Waals surface area contributed by atoms with Gasteiger partial charge in [0.15, 0.2) is 0 Å². The number of unbranched alkanes of at least 4 members (excludes halogenated alkanes) is 14. The highest BCUT2D eigenvalue weighted by Crippen LogP contribution is 2.42. The monoisotopic (exact) mass is 720 g/mol. The van der Waals surface area contributed by atoms with E-state index in [1.807, 2.05) is 22.7 Å². The van der Waals surface area contributed by atoms with Crippen molar-refractivity contribution in [3.63, 3.8) is 0 Å². The van der Waals surface area contributed by atoms with Crippen LogP contribution >= 0.6 is 22.7 Å². The lowest BCUT2D eigenvalue weighted by atomic mass is 9.98. The van der Waals surface area contributed by atoms with Crippen LogP contribution in [0.5, 0.6) is 0 Å². The van der Waals surface area contributed by atoms with E-state index in [0.29, 0.717) is 0 Å². The molecule has 8 aromatic rings. The highest BCUT2D eigenvalue weighted by molar-refractivity contribution is 7.26. The van der Waals surface area contributed by atoms with Crippen molar-refractivity contribution in [3.05, 3.63) is 96.1 Å². The molecule has 0 bridgehead atoms. The lowest BCUT2D eigenvalue weighted by Gasteiger charge is -2.06. The molecule has 0 atom stereocenters. The van der Waals surface area contributed by atoms with Gasteiger partial charge in [-0.2, -0.15) is 0 Å². The first kappa shape index (κ1) is 35.6. The van der Waals surface area contributed by atoms with Crippen LogP contribution in [0.1, 0.15) is 128 Å². The van der Waals surface area contributed by atoms with Gasteiger partial charge in [0.1, 0.15) is 0 Å². The third-order valence-corrected chi connectivity index (χ3v) is 13.9. The predicted octanol–water partition coefficient (Wildman–Crippen LogP) is 17.2. The van der Waals surface area contributed by atoms with E-state index in [9.17, 15) is 0 Å². The maximum Gasteiger partial charge on any atom is 0.0361 e. The molecule has 0 aliphatic carbocycles. The van der Waals surface area contributed by atoms with Gasteiger partial charge in [0.05, 0.1) is 0 Å². The Kier molecular flexibility index (Phi) is 11.4. The molecular formula is C50H56S2. The van der Waals surface area contributed by atoms with Crippen molar-refractivity contribution in [2.45, 2.75) is 129 Å². The Morgan fingerprint density at radius 1 is 0.308 bits per heavy atom. The smallest absolute Gasteiger partial charge is 0.0361 e. The molecule has 0 aliphatic heterocycles. The van der Waals surface area contributed by atoms with Gasteiger partial charge in [-0.25, -0.2) is 0 Å². The van der Waals surface area contributed by atoms with Crippen LogP contribution in [0.3, 0.4) is 0 Å². The Morgan fingerprint density at radius 3 is 0.981 bits per heavy atom. The van der Waals surface area contributed by atoms with E-state index >= 15 is 0 Å². The van der Waals surface area contributed by atoms with E-state index in [-0.39, 0.29) is 0 Å². The van der Waals surface area contributed by atoms with Crippen LogP contribution in [0, 0.1) is 0 Å². The van der Waals surface area contributed by atoms with Crippen molar-refractivity contribution in [1.82, 2.24) is 0 Å². The Morgan fingerprint density at radius 2 is 0.615 bits per heavy atom. The topological polar surface area (TPSA) is 0 Å². The number of benzene rings is 6. The molecule has 0 nitrogen and oxygen atoms in total. The van der Waals surface area contributed by atoms with Crippen molar-refractivity contribution in [2.24, 2.45) is 0 Å². The zero-order chi connectivity index (χ0) is 35.3. The first-order valence-electron chi connectivity index (χ1n) is 20.8. The number of hydrogen-bond donors (Lipinski definition) is 0. The molecule has 0 unspecified atom stereocenters. The molecule has 268 valence electrons. The summed E-state index contributed by atoms with van der Waals surface area (Å²) in [5.74, 6) is 0. The lowest BCUT2D eigenvalue weighted by Crippen LogP contribution is -1.87. The average Bonchev–Trinajstić information content (AvgIpc) is 3.68. The predicted molar refractivity (Wildman–Crippen MR) is 237 cm³/mol. The van der Waals surface area contributed by atoms with Gasteiger partial charge in [-0.3, -0.25) is 0 Å². The second kappa shape index (κ2) is 16.7. The summed E-state index contributed by atoms with van der Waals surface area (Å²) in [5, 5.41) is 13.8. The standard InChI is InChI=1S/C50H56S2/c1-3-5-7-9-11-13-15-17-19-35-21-23-37-31-47-43(27-39(37)25-35)45-29-41-34-50-46(30-42(41)33-49(45)51-47)44-28-40-26-36(22-24-38(40)32-48(44)52-50)20-18-16-14-12-10-8-6-4-2/h21-34H,3-20H2,1-2H3. The molecule has 52 heavy (non-hydrogen) atoms. The number of hydrogen-bond acceptors (Lipinski definition) is 2. The van der Waals surface area contributed by atoms with Crippen molar-refractivity contribution >= 4 is 95.3 Å². The summed E-state index contributed by atoms with van der Waals surface area (Å²) in [4.78, 5) is 0. The Bertz CT molecular complexity index is 2280. The van der Waals surface area contributed by atoms with Crippen LogP contribution in [0.25, 0.3) is 72.7 Å². The summed E-state index contributed by atoms with van der Waals surface area (Å²) >= 11 is 3.90. The highest BCUT2D eigenvalue weighted by atomic mass is 32.1. The maximum atomic E-state index is 2.47. The quantitative estimate of drug-likeness (QED) is 0.0774. The number of fused-ring (bicyclic) bond motifs is 9. The second-order valence-electron chi connectivity index (χ2n) is 15.8. The average molecular weight is 721 g/mol. The SMILES string of the molecule is CCCCCCCCCCc1ccc2cc3sc4cc5cc6c(cc5cc4c3cc2c1)sc1cc2ccc(CCCCCCCCCC)cc2cc16. The molecule has 0 radical (unpaired) electrons. The second-order valence-corrected chi connectivity index (χ2v) is 17.9. The van der Waals surface area contributed by atoms with Crippen molar-refractivity contribution in [1.29, 1.82) is 0 Å². The van der Waals surface area contributed by atoms with Gasteiger partial charge in [-0.1, -0.05) is 140 Å². The van der Waals surface area contributed by atoms with E-state index < -0.39 is 0 Å². The number of thiophene rings is 2. The van der Waals surface area contributed by atoms with Gasteiger partial charge in [-0.15, -0.1) is 22.7 Å². The summed E-state index contributed by atoms with van der Waals surface area (Å²) in [5.41, 5.74) is 2.98. The van der Waals surface area contributed by atoms with Gasteiger partial charge < -0.3 is 0 Å². The molecule has 0 amide bonds. The summed E-state index contributed by atoms with van der Waals surface area (Å²) in [6.07, 6.45) is 24.4. The zero-order valence-corrected chi connectivity index (χ0v) is 33.3. The fourth-order valence-corrected chi connectivity index (χ4v) is 10.9. The van der Waals surface area contributed by atoms with Crippen LogP contribution in [0.2, 0.25) is 0 Å². The zero-order valence-electron chi connectivity index (χ0n) is 31.6. The molecule has 0 N–H and O–H groups in total. The molecular weight excluding hydrogens is 665 g/mol. The van der Waals surface area contributed by atoms with Gasteiger partial charge in [0.25, 0.3) is 0 Å². The van der Waals surface area contributed by atoms with E-state index in [2.05, 4.69) is 98.8 Å². The third kappa shape index (κ3) is 7.90. The number of rotatable bonds is 18. The lowest BCUT2D eigenvalue weighted by molar-refractivity contribution is 0.575. The van der Waals surface area contributed by atoms with E-state index in [1.54, 1.807) is 0 Å². The fraction of sp³-hybridized carbons (Fsp3) is 0.400. The Balaban J connectivity index is 1.02. The van der Waals surface area contributed by atoms with Gasteiger partial charge in [-0.05, 0) is 118 Å². The van der Waals surface area contributed by atoms with Crippen molar-refractivity contribution < 1.29 is 0 Å². The fourth-order valence-electron chi connectivity index (χ4n) is 8.61. The van der Waals surface area contributed by atoms with Crippen LogP contribution in [0.4, 0.5) is 0 Å². The molecule has 2 heterocycles. The minimum Gasteiger partial charge on any atom is -0.135 e. The van der Waals surface area contributed by atoms with E-state index in [4.69, 9.17) is 0 Å². The summed E-state index contributed by atoms with van der Waals surface area (Å²) in [7, 11) is 0. The normalized spacial score (nSPS) is 12.3. The minimum absolute atomic E-state index is 1.19. The van der Waals surface area contributed by atoms with Gasteiger partial charge in [0.2, 0.25) is 0 Å². The molecule has 8 rings (SSSR count). The molecule has 0 spiro atoms. The highest BCUT2D eigenvalue weighted by Gasteiger charge is 2.13. The summed E-state index contributed by atoms with van der Waals surface area (Å²) in [6, 6.07) is 34.0. The van der Waals surface area contributed by atoms with E-state index in [1.165, 1.54) is 199 Å². The maximum absolute atomic E-state index is 2.47. The third-order valence-electron chi connectivity index (χ3n) is 11.7. The van der Waals surface area contributed by atoms with Gasteiger partial charge >= 0.3 is 0 Å². The molecule has 0 saturated carbocycles. The van der Waals surface area contributed by atoms with Crippen LogP contribution in [0.15, 0.2) is 84.9 Å². The van der Waals surface area contributed by atoms with Crippen molar-refractivity contribution in [2.75, 3.05) is 0 Å². The molecule has 0 fully saturated rings. The molecule has 6 aromatic carbocycles. The Hall–Kier alpha value is -3.46.